The molecule has 0 saturated carbocycles. The van der Waals surface area contributed by atoms with Crippen molar-refractivity contribution in [2.75, 3.05) is 17.2 Å². The van der Waals surface area contributed by atoms with Gasteiger partial charge in [0.2, 0.25) is 0 Å². The summed E-state index contributed by atoms with van der Waals surface area (Å²) in [6, 6.07) is 4.99. The van der Waals surface area contributed by atoms with Crippen molar-refractivity contribution in [2.24, 2.45) is 7.05 Å². The molecule has 7 heteroatoms. The van der Waals surface area contributed by atoms with Gasteiger partial charge in [-0.05, 0) is 26.0 Å². The second-order valence-electron chi connectivity index (χ2n) is 4.34. The van der Waals surface area contributed by atoms with Gasteiger partial charge in [-0.15, -0.1) is 0 Å². The van der Waals surface area contributed by atoms with Crippen LogP contribution in [0, 0.1) is 6.92 Å². The van der Waals surface area contributed by atoms with E-state index in [0.29, 0.717) is 23.7 Å². The second-order valence-corrected chi connectivity index (χ2v) is 4.73. The first-order chi connectivity index (χ1) is 9.49. The van der Waals surface area contributed by atoms with E-state index in [9.17, 15) is 4.79 Å². The molecule has 106 valence electrons. The van der Waals surface area contributed by atoms with E-state index in [1.807, 2.05) is 13.8 Å². The third-order valence-electron chi connectivity index (χ3n) is 2.66. The summed E-state index contributed by atoms with van der Waals surface area (Å²) in [5.41, 5.74) is 1.28. The zero-order chi connectivity index (χ0) is 14.7. The van der Waals surface area contributed by atoms with Crippen molar-refractivity contribution >= 4 is 29.1 Å². The van der Waals surface area contributed by atoms with Crippen LogP contribution >= 0.6 is 11.6 Å². The normalized spacial score (nSPS) is 10.4. The number of nitrogens with one attached hydrogen (secondary N) is 2. The second kappa shape index (κ2) is 5.92. The van der Waals surface area contributed by atoms with E-state index in [2.05, 4.69) is 20.7 Å². The van der Waals surface area contributed by atoms with Gasteiger partial charge in [0, 0.05) is 25.2 Å². The Bertz CT molecular complexity index is 638. The smallest absolute Gasteiger partial charge is 0.257 e. The Hall–Kier alpha value is -2.08. The van der Waals surface area contributed by atoms with Crippen molar-refractivity contribution in [3.8, 4) is 0 Å². The Labute approximate surface area is 122 Å². The minimum atomic E-state index is -0.253. The maximum atomic E-state index is 12.2. The Morgan fingerprint density at radius 1 is 1.40 bits per heavy atom. The van der Waals surface area contributed by atoms with Crippen molar-refractivity contribution in [3.05, 3.63) is 34.6 Å². The Morgan fingerprint density at radius 2 is 2.15 bits per heavy atom. The summed E-state index contributed by atoms with van der Waals surface area (Å²) >= 11 is 5.92. The highest BCUT2D eigenvalue weighted by Crippen LogP contribution is 2.16. The lowest BCUT2D eigenvalue weighted by molar-refractivity contribution is 0.102. The molecule has 20 heavy (non-hydrogen) atoms. The first kappa shape index (κ1) is 14.3. The molecule has 0 radical (unpaired) electrons. The highest BCUT2D eigenvalue weighted by atomic mass is 35.5. The molecule has 0 aromatic carbocycles. The zero-order valence-corrected chi connectivity index (χ0v) is 12.3. The minimum absolute atomic E-state index is 0.253. The number of carbonyl (C=O) groups excluding carboxylic acids is 1. The van der Waals surface area contributed by atoms with Crippen LogP contribution in [0.4, 0.5) is 11.6 Å². The van der Waals surface area contributed by atoms with Crippen LogP contribution in [0.3, 0.4) is 0 Å². The largest absolute Gasteiger partial charge is 0.370 e. The monoisotopic (exact) mass is 293 g/mol. The molecule has 2 aromatic heterocycles. The molecular weight excluding hydrogens is 278 g/mol. The van der Waals surface area contributed by atoms with E-state index in [1.165, 1.54) is 6.07 Å². The van der Waals surface area contributed by atoms with Crippen LogP contribution < -0.4 is 10.6 Å². The van der Waals surface area contributed by atoms with Gasteiger partial charge in [-0.25, -0.2) is 4.98 Å². The fourth-order valence-electron chi connectivity index (χ4n) is 1.82. The third kappa shape index (κ3) is 3.27. The predicted octanol–water partition coefficient (Wildman–Crippen LogP) is 2.46. The summed E-state index contributed by atoms with van der Waals surface area (Å²) in [7, 11) is 1.77. The molecule has 0 spiro atoms. The van der Waals surface area contributed by atoms with Crippen molar-refractivity contribution < 1.29 is 4.79 Å². The van der Waals surface area contributed by atoms with Gasteiger partial charge in [0.15, 0.2) is 0 Å². The van der Waals surface area contributed by atoms with E-state index in [4.69, 9.17) is 11.6 Å². The van der Waals surface area contributed by atoms with Crippen LogP contribution in [-0.4, -0.2) is 27.2 Å². The average Bonchev–Trinajstić information content (AvgIpc) is 2.67. The van der Waals surface area contributed by atoms with Crippen molar-refractivity contribution in [3.63, 3.8) is 0 Å². The van der Waals surface area contributed by atoms with E-state index in [-0.39, 0.29) is 11.1 Å². The van der Waals surface area contributed by atoms with Gasteiger partial charge in [0.1, 0.15) is 16.8 Å². The number of hydrogen-bond donors (Lipinski definition) is 2. The molecule has 2 aromatic rings. The first-order valence-corrected chi connectivity index (χ1v) is 6.61. The predicted molar refractivity (Wildman–Crippen MR) is 79.3 cm³/mol. The van der Waals surface area contributed by atoms with E-state index < -0.39 is 0 Å². The maximum Gasteiger partial charge on any atom is 0.257 e. The molecule has 0 aliphatic rings. The number of aromatic nitrogens is 3. The van der Waals surface area contributed by atoms with Crippen LogP contribution in [0.2, 0.25) is 5.15 Å². The van der Waals surface area contributed by atoms with Crippen molar-refractivity contribution in [2.45, 2.75) is 13.8 Å². The number of carbonyl (C=O) groups is 1. The van der Waals surface area contributed by atoms with Crippen LogP contribution in [0.1, 0.15) is 23.0 Å². The van der Waals surface area contributed by atoms with Gasteiger partial charge in [0.05, 0.1) is 5.69 Å². The third-order valence-corrected chi connectivity index (χ3v) is 2.85. The summed E-state index contributed by atoms with van der Waals surface area (Å²) in [5.74, 6) is 0.952. The minimum Gasteiger partial charge on any atom is -0.370 e. The highest BCUT2D eigenvalue weighted by Gasteiger charge is 2.12. The molecule has 0 saturated heterocycles. The number of halogens is 1. The molecule has 2 N–H and O–H groups in total. The topological polar surface area (TPSA) is 71.8 Å². The van der Waals surface area contributed by atoms with Crippen LogP contribution in [0.15, 0.2) is 18.2 Å². The van der Waals surface area contributed by atoms with Crippen molar-refractivity contribution in [1.82, 2.24) is 14.8 Å². The number of pyridine rings is 1. The summed E-state index contributed by atoms with van der Waals surface area (Å²) in [4.78, 5) is 16.3. The van der Waals surface area contributed by atoms with Gasteiger partial charge in [-0.1, -0.05) is 11.6 Å². The standard InChI is InChI=1S/C13H16ClN5O/c1-4-15-11-7-9(6-10(14)16-11)13(20)17-12-5-8(2)18-19(12)3/h5-7H,4H2,1-3H3,(H,15,16)(H,17,20). The van der Waals surface area contributed by atoms with E-state index in [0.717, 1.165) is 5.69 Å². The average molecular weight is 294 g/mol. The molecule has 0 aliphatic heterocycles. The SMILES string of the molecule is CCNc1cc(C(=O)Nc2cc(C)nn2C)cc(Cl)n1. The molecule has 6 nitrogen and oxygen atoms in total. The molecule has 0 fully saturated rings. The number of hydrogen-bond acceptors (Lipinski definition) is 4. The molecule has 0 unspecified atom stereocenters. The Morgan fingerprint density at radius 3 is 2.75 bits per heavy atom. The molecule has 2 rings (SSSR count). The zero-order valence-electron chi connectivity index (χ0n) is 11.6. The number of rotatable bonds is 4. The highest BCUT2D eigenvalue weighted by molar-refractivity contribution is 6.30. The summed E-state index contributed by atoms with van der Waals surface area (Å²) < 4.78 is 1.61. The molecule has 2 heterocycles. The van der Waals surface area contributed by atoms with E-state index >= 15 is 0 Å². The maximum absolute atomic E-state index is 12.2. The van der Waals surface area contributed by atoms with Gasteiger partial charge < -0.3 is 10.6 Å². The summed E-state index contributed by atoms with van der Waals surface area (Å²) in [6.45, 7) is 4.51. The number of amides is 1. The summed E-state index contributed by atoms with van der Waals surface area (Å²) in [5, 5.41) is 10.3. The van der Waals surface area contributed by atoms with Crippen LogP contribution in [0.5, 0.6) is 0 Å². The lowest BCUT2D eigenvalue weighted by Crippen LogP contribution is -2.15. The van der Waals surface area contributed by atoms with Crippen LogP contribution in [0.25, 0.3) is 0 Å². The van der Waals surface area contributed by atoms with Crippen LogP contribution in [-0.2, 0) is 7.05 Å². The Balaban J connectivity index is 2.22. The fourth-order valence-corrected chi connectivity index (χ4v) is 2.02. The summed E-state index contributed by atoms with van der Waals surface area (Å²) in [6.07, 6.45) is 0. The quantitative estimate of drug-likeness (QED) is 0.850. The lowest BCUT2D eigenvalue weighted by atomic mass is 10.2. The van der Waals surface area contributed by atoms with Gasteiger partial charge in [-0.2, -0.15) is 5.10 Å². The number of anilines is 2. The first-order valence-electron chi connectivity index (χ1n) is 6.23. The van der Waals surface area contributed by atoms with Gasteiger partial charge in [-0.3, -0.25) is 9.48 Å². The number of aryl methyl sites for hydroxylation is 2. The lowest BCUT2D eigenvalue weighted by Gasteiger charge is -2.08. The Kier molecular flexibility index (Phi) is 4.24. The molecule has 0 atom stereocenters. The molecule has 0 bridgehead atoms. The number of nitrogens with zero attached hydrogens (tertiary/aromatic N) is 3. The van der Waals surface area contributed by atoms with E-state index in [1.54, 1.807) is 23.9 Å². The molecule has 1 amide bonds. The molecule has 0 aliphatic carbocycles. The molecular formula is C13H16ClN5O. The van der Waals surface area contributed by atoms with Gasteiger partial charge in [0.25, 0.3) is 5.91 Å². The van der Waals surface area contributed by atoms with Crippen molar-refractivity contribution in [1.29, 1.82) is 0 Å². The fraction of sp³-hybridized carbons (Fsp3) is 0.308. The van der Waals surface area contributed by atoms with Gasteiger partial charge >= 0.3 is 0 Å².